The van der Waals surface area contributed by atoms with Gasteiger partial charge in [0.05, 0.1) is 23.5 Å². The highest BCUT2D eigenvalue weighted by Gasteiger charge is 2.35. The van der Waals surface area contributed by atoms with Crippen LogP contribution in [0.25, 0.3) is 11.3 Å². The van der Waals surface area contributed by atoms with Gasteiger partial charge in [0.25, 0.3) is 5.91 Å². The number of likely N-dealkylation sites (tertiary alicyclic amines) is 1. The van der Waals surface area contributed by atoms with Crippen molar-refractivity contribution in [3.05, 3.63) is 41.8 Å². The van der Waals surface area contributed by atoms with Crippen molar-refractivity contribution < 1.29 is 14.0 Å². The third-order valence-electron chi connectivity index (χ3n) is 5.76. The summed E-state index contributed by atoms with van der Waals surface area (Å²) in [6, 6.07) is 6.11. The molecule has 1 saturated carbocycles. The predicted molar refractivity (Wildman–Crippen MR) is 103 cm³/mol. The van der Waals surface area contributed by atoms with Gasteiger partial charge in [0, 0.05) is 24.6 Å². The molecule has 1 aromatic heterocycles. The smallest absolute Gasteiger partial charge is 0.255 e. The fraction of sp³-hybridized carbons (Fsp3) is 0.476. The van der Waals surface area contributed by atoms with Gasteiger partial charge in [-0.1, -0.05) is 37.8 Å². The zero-order valence-electron chi connectivity index (χ0n) is 15.8. The Labute approximate surface area is 163 Å². The quantitative estimate of drug-likeness (QED) is 0.794. The summed E-state index contributed by atoms with van der Waals surface area (Å²) in [6.07, 6.45) is 8.68. The molecule has 2 aromatic rings. The number of H-pyrrole nitrogens is 1. The molecule has 0 spiro atoms. The van der Waals surface area contributed by atoms with E-state index >= 15 is 0 Å². The van der Waals surface area contributed by atoms with Crippen molar-refractivity contribution in [2.75, 3.05) is 6.54 Å². The zero-order chi connectivity index (χ0) is 19.5. The SMILES string of the molecule is O=C(NC1CC(=O)N(C2CCCCCC2)C1)c1cn[nH]c1-c1cccc(F)c1. The second-order valence-electron chi connectivity index (χ2n) is 7.74. The lowest BCUT2D eigenvalue weighted by Crippen LogP contribution is -2.40. The first kappa shape index (κ1) is 18.7. The van der Waals surface area contributed by atoms with Crippen LogP contribution in [0.4, 0.5) is 4.39 Å². The molecule has 28 heavy (non-hydrogen) atoms. The summed E-state index contributed by atoms with van der Waals surface area (Å²) in [4.78, 5) is 27.3. The van der Waals surface area contributed by atoms with Gasteiger partial charge in [-0.2, -0.15) is 5.10 Å². The Hall–Kier alpha value is -2.70. The minimum Gasteiger partial charge on any atom is -0.347 e. The lowest BCUT2D eigenvalue weighted by molar-refractivity contribution is -0.129. The van der Waals surface area contributed by atoms with Crippen LogP contribution in [0.2, 0.25) is 0 Å². The van der Waals surface area contributed by atoms with Crippen molar-refractivity contribution in [1.82, 2.24) is 20.4 Å². The Kier molecular flexibility index (Phi) is 5.41. The van der Waals surface area contributed by atoms with Gasteiger partial charge in [-0.05, 0) is 25.0 Å². The molecular weight excluding hydrogens is 359 g/mol. The largest absolute Gasteiger partial charge is 0.347 e. The molecule has 0 bridgehead atoms. The minimum atomic E-state index is -0.376. The number of rotatable bonds is 4. The molecule has 1 aromatic carbocycles. The lowest BCUT2D eigenvalue weighted by atomic mass is 10.1. The molecule has 2 aliphatic rings. The number of aromatic nitrogens is 2. The Morgan fingerprint density at radius 1 is 1.21 bits per heavy atom. The number of amides is 2. The molecule has 7 heteroatoms. The molecule has 2 amide bonds. The minimum absolute atomic E-state index is 0.120. The molecule has 6 nitrogen and oxygen atoms in total. The Morgan fingerprint density at radius 3 is 2.75 bits per heavy atom. The van der Waals surface area contributed by atoms with E-state index in [1.807, 2.05) is 4.90 Å². The van der Waals surface area contributed by atoms with Crippen molar-refractivity contribution in [3.63, 3.8) is 0 Å². The van der Waals surface area contributed by atoms with Gasteiger partial charge in [-0.3, -0.25) is 14.7 Å². The molecule has 4 rings (SSSR count). The summed E-state index contributed by atoms with van der Waals surface area (Å²) < 4.78 is 13.5. The van der Waals surface area contributed by atoms with Crippen molar-refractivity contribution in [2.45, 2.75) is 57.0 Å². The van der Waals surface area contributed by atoms with Crippen LogP contribution in [0, 0.1) is 5.82 Å². The second-order valence-corrected chi connectivity index (χ2v) is 7.74. The maximum Gasteiger partial charge on any atom is 0.255 e. The van der Waals surface area contributed by atoms with Crippen molar-refractivity contribution in [2.24, 2.45) is 0 Å². The summed E-state index contributed by atoms with van der Waals surface area (Å²) in [5.74, 6) is -0.554. The third kappa shape index (κ3) is 3.93. The first-order valence-electron chi connectivity index (χ1n) is 10.0. The molecule has 2 N–H and O–H groups in total. The number of aromatic amines is 1. The number of benzene rings is 1. The highest BCUT2D eigenvalue weighted by atomic mass is 19.1. The maximum atomic E-state index is 13.5. The lowest BCUT2D eigenvalue weighted by Gasteiger charge is -2.27. The highest BCUT2D eigenvalue weighted by molar-refractivity contribution is 6.00. The Balaban J connectivity index is 1.44. The molecule has 1 unspecified atom stereocenters. The van der Waals surface area contributed by atoms with E-state index in [1.54, 1.807) is 12.1 Å². The van der Waals surface area contributed by atoms with Crippen molar-refractivity contribution in [1.29, 1.82) is 0 Å². The van der Waals surface area contributed by atoms with E-state index in [9.17, 15) is 14.0 Å². The van der Waals surface area contributed by atoms with Crippen LogP contribution in [-0.4, -0.2) is 45.5 Å². The highest BCUT2D eigenvalue weighted by Crippen LogP contribution is 2.26. The van der Waals surface area contributed by atoms with E-state index < -0.39 is 0 Å². The van der Waals surface area contributed by atoms with Gasteiger partial charge in [0.2, 0.25) is 5.91 Å². The fourth-order valence-corrected chi connectivity index (χ4v) is 4.34. The second kappa shape index (κ2) is 8.12. The molecule has 2 fully saturated rings. The number of nitrogens with one attached hydrogen (secondary N) is 2. The number of halogens is 1. The number of nitrogens with zero attached hydrogens (tertiary/aromatic N) is 2. The number of hydrogen-bond acceptors (Lipinski definition) is 3. The third-order valence-corrected chi connectivity index (χ3v) is 5.76. The molecule has 2 heterocycles. The average Bonchev–Trinajstić information content (AvgIpc) is 3.21. The van der Waals surface area contributed by atoms with Crippen molar-refractivity contribution in [3.8, 4) is 11.3 Å². The van der Waals surface area contributed by atoms with Gasteiger partial charge in [-0.25, -0.2) is 4.39 Å². The van der Waals surface area contributed by atoms with E-state index in [2.05, 4.69) is 15.5 Å². The summed E-state index contributed by atoms with van der Waals surface area (Å²) in [5, 5.41) is 9.69. The van der Waals surface area contributed by atoms with Crippen LogP contribution in [0.5, 0.6) is 0 Å². The van der Waals surface area contributed by atoms with Crippen molar-refractivity contribution >= 4 is 11.8 Å². The summed E-state index contributed by atoms with van der Waals surface area (Å²) in [5.41, 5.74) is 1.39. The van der Waals surface area contributed by atoms with E-state index in [-0.39, 0.29) is 23.7 Å². The van der Waals surface area contributed by atoms with Gasteiger partial charge >= 0.3 is 0 Å². The molecule has 1 atom stereocenters. The van der Waals surface area contributed by atoms with Gasteiger partial charge in [0.1, 0.15) is 5.82 Å². The Bertz CT molecular complexity index is 858. The topological polar surface area (TPSA) is 78.1 Å². The molecule has 1 saturated heterocycles. The molecular formula is C21H25FN4O2. The van der Waals surface area contributed by atoms with Crippen LogP contribution in [0.1, 0.15) is 55.3 Å². The van der Waals surface area contributed by atoms with Crippen LogP contribution < -0.4 is 5.32 Å². The van der Waals surface area contributed by atoms with E-state index in [0.29, 0.717) is 35.8 Å². The van der Waals surface area contributed by atoms with Crippen LogP contribution in [0.3, 0.4) is 0 Å². The zero-order valence-corrected chi connectivity index (χ0v) is 15.8. The monoisotopic (exact) mass is 384 g/mol. The number of carbonyl (C=O) groups excluding carboxylic acids is 2. The Morgan fingerprint density at radius 2 is 2.00 bits per heavy atom. The van der Waals surface area contributed by atoms with Gasteiger partial charge in [0.15, 0.2) is 0 Å². The average molecular weight is 384 g/mol. The van der Waals surface area contributed by atoms with Gasteiger partial charge in [-0.15, -0.1) is 0 Å². The predicted octanol–water partition coefficient (Wildman–Crippen LogP) is 3.27. The first-order valence-corrected chi connectivity index (χ1v) is 10.0. The van der Waals surface area contributed by atoms with Gasteiger partial charge < -0.3 is 10.2 Å². The van der Waals surface area contributed by atoms with E-state index in [1.165, 1.54) is 31.2 Å². The molecule has 0 radical (unpaired) electrons. The molecule has 1 aliphatic carbocycles. The summed E-state index contributed by atoms with van der Waals surface area (Å²) in [6.45, 7) is 0.558. The maximum absolute atomic E-state index is 13.5. The summed E-state index contributed by atoms with van der Waals surface area (Å²) >= 11 is 0. The fourth-order valence-electron chi connectivity index (χ4n) is 4.34. The molecule has 1 aliphatic heterocycles. The normalized spacial score (nSPS) is 21.0. The first-order chi connectivity index (χ1) is 13.6. The summed E-state index contributed by atoms with van der Waals surface area (Å²) in [7, 11) is 0. The molecule has 148 valence electrons. The van der Waals surface area contributed by atoms with Crippen LogP contribution >= 0.6 is 0 Å². The number of hydrogen-bond donors (Lipinski definition) is 2. The van der Waals surface area contributed by atoms with Crippen LogP contribution in [-0.2, 0) is 4.79 Å². The van der Waals surface area contributed by atoms with Crippen LogP contribution in [0.15, 0.2) is 30.5 Å². The van der Waals surface area contributed by atoms with E-state index in [4.69, 9.17) is 0 Å². The van der Waals surface area contributed by atoms with E-state index in [0.717, 1.165) is 25.7 Å². The standard InChI is InChI=1S/C21H25FN4O2/c22-15-7-5-6-14(10-15)20-18(12-23-25-20)21(28)24-16-11-19(27)26(13-16)17-8-3-1-2-4-9-17/h5-7,10,12,16-17H,1-4,8-9,11,13H2,(H,23,25)(H,24,28). The number of carbonyl (C=O) groups is 2.